The number of aromatic nitrogens is 1. The van der Waals surface area contributed by atoms with Crippen molar-refractivity contribution < 1.29 is 12.8 Å². The molecule has 0 bridgehead atoms. The molecular weight excluding hydrogens is 283 g/mol. The number of halogens is 1. The lowest BCUT2D eigenvalue weighted by Crippen LogP contribution is -2.19. The van der Waals surface area contributed by atoms with Gasteiger partial charge in [-0.2, -0.15) is 0 Å². The first-order chi connectivity index (χ1) is 9.45. The van der Waals surface area contributed by atoms with E-state index < -0.39 is 15.8 Å². The summed E-state index contributed by atoms with van der Waals surface area (Å²) < 4.78 is 40.5. The monoisotopic (exact) mass is 296 g/mol. The molecule has 0 aliphatic heterocycles. The minimum absolute atomic E-state index is 0.0203. The molecule has 0 saturated carbocycles. The van der Waals surface area contributed by atoms with E-state index in [1.807, 2.05) is 0 Å². The maximum Gasteiger partial charge on any atom is 0.265 e. The minimum Gasteiger partial charge on any atom is -0.307 e. The smallest absolute Gasteiger partial charge is 0.265 e. The van der Waals surface area contributed by atoms with Crippen molar-refractivity contribution in [1.29, 1.82) is 0 Å². The molecule has 0 aliphatic rings. The normalized spacial score (nSPS) is 11.2. The Morgan fingerprint density at radius 1 is 1.25 bits per heavy atom. The number of nitrogen functional groups attached to an aromatic ring is 1. The minimum atomic E-state index is -3.99. The predicted molar refractivity (Wildman–Crippen MR) is 74.0 cm³/mol. The Kier molecular flexibility index (Phi) is 3.86. The number of sulfonamides is 1. The Morgan fingerprint density at radius 3 is 2.70 bits per heavy atom. The molecule has 20 heavy (non-hydrogen) atoms. The highest BCUT2D eigenvalue weighted by molar-refractivity contribution is 7.92. The van der Waals surface area contributed by atoms with Crippen molar-refractivity contribution in [2.45, 2.75) is 11.8 Å². The maximum atomic E-state index is 13.8. The molecule has 8 heteroatoms. The zero-order valence-corrected chi connectivity index (χ0v) is 11.4. The molecule has 1 aromatic heterocycles. The quantitative estimate of drug-likeness (QED) is 0.588. The third-order valence-electron chi connectivity index (χ3n) is 2.63. The van der Waals surface area contributed by atoms with Gasteiger partial charge in [0.15, 0.2) is 5.82 Å². The van der Waals surface area contributed by atoms with Crippen LogP contribution in [-0.4, -0.2) is 13.4 Å². The van der Waals surface area contributed by atoms with Crippen LogP contribution in [0.15, 0.2) is 41.4 Å². The van der Waals surface area contributed by atoms with Crippen molar-refractivity contribution in [3.05, 3.63) is 47.9 Å². The van der Waals surface area contributed by atoms with E-state index >= 15 is 0 Å². The van der Waals surface area contributed by atoms with Crippen molar-refractivity contribution >= 4 is 21.5 Å². The number of pyridine rings is 1. The summed E-state index contributed by atoms with van der Waals surface area (Å²) in [5.74, 6) is 4.57. The summed E-state index contributed by atoms with van der Waals surface area (Å²) in [7, 11) is -3.99. The van der Waals surface area contributed by atoms with E-state index in [4.69, 9.17) is 5.84 Å². The van der Waals surface area contributed by atoms with Gasteiger partial charge in [0.05, 0.1) is 5.69 Å². The summed E-state index contributed by atoms with van der Waals surface area (Å²) in [6, 6.07) is 7.21. The Bertz CT molecular complexity index is 734. The summed E-state index contributed by atoms with van der Waals surface area (Å²) >= 11 is 0. The molecule has 1 aromatic carbocycles. The number of hydrogen-bond acceptors (Lipinski definition) is 5. The van der Waals surface area contributed by atoms with Gasteiger partial charge in [0.1, 0.15) is 10.7 Å². The third kappa shape index (κ3) is 2.70. The zero-order chi connectivity index (χ0) is 14.8. The van der Waals surface area contributed by atoms with Crippen LogP contribution in [0.1, 0.15) is 5.56 Å². The van der Waals surface area contributed by atoms with Gasteiger partial charge in [0.2, 0.25) is 0 Å². The van der Waals surface area contributed by atoms with E-state index in [-0.39, 0.29) is 16.4 Å². The molecule has 0 amide bonds. The largest absolute Gasteiger partial charge is 0.307 e. The summed E-state index contributed by atoms with van der Waals surface area (Å²) in [6.07, 6.45) is 1.39. The lowest BCUT2D eigenvalue weighted by atomic mass is 10.2. The summed E-state index contributed by atoms with van der Waals surface area (Å²) in [5, 5.41) is 0. The Balaban J connectivity index is 2.44. The third-order valence-corrected chi connectivity index (χ3v) is 4.03. The highest BCUT2D eigenvalue weighted by Crippen LogP contribution is 2.23. The van der Waals surface area contributed by atoms with E-state index in [9.17, 15) is 12.8 Å². The molecule has 6 nitrogen and oxygen atoms in total. The van der Waals surface area contributed by atoms with Crippen LogP contribution >= 0.6 is 0 Å². The number of anilines is 2. The van der Waals surface area contributed by atoms with Crippen molar-refractivity contribution in [3.63, 3.8) is 0 Å². The standard InChI is InChI=1S/C12H13FN4O2S/c1-8-4-2-5-9(11(8)13)17-20(18,19)10-6-3-7-15-12(10)16-14/h2-7,17H,14H2,1H3,(H,15,16). The number of nitrogens with zero attached hydrogens (tertiary/aromatic N) is 1. The van der Waals surface area contributed by atoms with Crippen LogP contribution in [0.2, 0.25) is 0 Å². The number of rotatable bonds is 4. The fraction of sp³-hybridized carbons (Fsp3) is 0.0833. The van der Waals surface area contributed by atoms with Crippen molar-refractivity contribution in [2.75, 3.05) is 10.1 Å². The van der Waals surface area contributed by atoms with Crippen molar-refractivity contribution in [3.8, 4) is 0 Å². The number of aryl methyl sites for hydroxylation is 1. The number of nitrogens with one attached hydrogen (secondary N) is 2. The van der Waals surface area contributed by atoms with Gasteiger partial charge in [0.25, 0.3) is 10.0 Å². The van der Waals surface area contributed by atoms with Crippen LogP contribution in [0.4, 0.5) is 15.9 Å². The fourth-order valence-electron chi connectivity index (χ4n) is 1.64. The van der Waals surface area contributed by atoms with Gasteiger partial charge >= 0.3 is 0 Å². The van der Waals surface area contributed by atoms with Gasteiger partial charge in [-0.15, -0.1) is 0 Å². The second-order valence-corrected chi connectivity index (χ2v) is 5.69. The van der Waals surface area contributed by atoms with E-state index in [2.05, 4.69) is 15.1 Å². The number of benzene rings is 1. The Labute approximate surface area is 115 Å². The van der Waals surface area contributed by atoms with E-state index in [1.165, 1.54) is 24.4 Å². The molecule has 4 N–H and O–H groups in total. The second-order valence-electron chi connectivity index (χ2n) is 4.04. The SMILES string of the molecule is Cc1cccc(NS(=O)(=O)c2cccnc2NN)c1F. The summed E-state index contributed by atoms with van der Waals surface area (Å²) in [5.41, 5.74) is 2.40. The molecule has 106 valence electrons. The van der Waals surface area contributed by atoms with Crippen LogP contribution in [-0.2, 0) is 10.0 Å². The van der Waals surface area contributed by atoms with Gasteiger partial charge in [0, 0.05) is 6.20 Å². The fourth-order valence-corrected chi connectivity index (χ4v) is 2.82. The second kappa shape index (κ2) is 5.43. The molecule has 0 aliphatic carbocycles. The first kappa shape index (κ1) is 14.2. The van der Waals surface area contributed by atoms with Crippen LogP contribution in [0.3, 0.4) is 0 Å². The lowest BCUT2D eigenvalue weighted by Gasteiger charge is -2.12. The highest BCUT2D eigenvalue weighted by atomic mass is 32.2. The van der Waals surface area contributed by atoms with Gasteiger partial charge in [-0.05, 0) is 30.7 Å². The van der Waals surface area contributed by atoms with Crippen LogP contribution in [0.5, 0.6) is 0 Å². The Hall–Kier alpha value is -2.19. The van der Waals surface area contributed by atoms with Gasteiger partial charge in [-0.1, -0.05) is 12.1 Å². The first-order valence-corrected chi connectivity index (χ1v) is 7.13. The average molecular weight is 296 g/mol. The zero-order valence-electron chi connectivity index (χ0n) is 10.6. The van der Waals surface area contributed by atoms with Crippen LogP contribution < -0.4 is 16.0 Å². The molecule has 2 aromatic rings. The predicted octanol–water partition coefficient (Wildman–Crippen LogP) is 1.62. The number of hydrazine groups is 1. The number of hydrogen-bond donors (Lipinski definition) is 3. The van der Waals surface area contributed by atoms with Gasteiger partial charge in [-0.25, -0.2) is 23.6 Å². The van der Waals surface area contributed by atoms with Crippen molar-refractivity contribution in [1.82, 2.24) is 4.98 Å². The molecule has 0 radical (unpaired) electrons. The van der Waals surface area contributed by atoms with E-state index in [1.54, 1.807) is 19.1 Å². The lowest BCUT2D eigenvalue weighted by molar-refractivity contribution is 0.597. The maximum absolute atomic E-state index is 13.8. The molecule has 0 spiro atoms. The van der Waals surface area contributed by atoms with Crippen LogP contribution in [0.25, 0.3) is 0 Å². The molecular formula is C12H13FN4O2S. The molecule has 2 rings (SSSR count). The highest BCUT2D eigenvalue weighted by Gasteiger charge is 2.20. The van der Waals surface area contributed by atoms with Gasteiger partial charge < -0.3 is 5.43 Å². The average Bonchev–Trinajstić information content (AvgIpc) is 2.43. The van der Waals surface area contributed by atoms with E-state index in [0.717, 1.165) is 0 Å². The van der Waals surface area contributed by atoms with E-state index in [0.29, 0.717) is 5.56 Å². The topological polar surface area (TPSA) is 97.1 Å². The number of nitrogens with two attached hydrogens (primary N) is 1. The summed E-state index contributed by atoms with van der Waals surface area (Å²) in [6.45, 7) is 1.55. The molecule has 0 fully saturated rings. The molecule has 0 atom stereocenters. The van der Waals surface area contributed by atoms with Crippen molar-refractivity contribution in [2.24, 2.45) is 5.84 Å². The molecule has 1 heterocycles. The van der Waals surface area contributed by atoms with Crippen LogP contribution in [0, 0.1) is 12.7 Å². The molecule has 0 saturated heterocycles. The van der Waals surface area contributed by atoms with Gasteiger partial charge in [-0.3, -0.25) is 4.72 Å². The summed E-state index contributed by atoms with van der Waals surface area (Å²) in [4.78, 5) is 3.63. The Morgan fingerprint density at radius 2 is 2.00 bits per heavy atom. The molecule has 0 unspecified atom stereocenters. The first-order valence-electron chi connectivity index (χ1n) is 5.65.